The summed E-state index contributed by atoms with van der Waals surface area (Å²) in [4.78, 5) is 14.2. The lowest BCUT2D eigenvalue weighted by Gasteiger charge is -2.31. The molecule has 0 amide bonds. The lowest BCUT2D eigenvalue weighted by atomic mass is 9.98. The van der Waals surface area contributed by atoms with E-state index >= 15 is 0 Å². The SMILES string of the molecule is CCOC(=O)C1CCCN(CCCCOc2ccccc2OC)C1.Cl. The Kier molecular flexibility index (Phi) is 10.3. The average molecular weight is 372 g/mol. The molecule has 0 saturated carbocycles. The van der Waals surface area contributed by atoms with Gasteiger partial charge in [-0.25, -0.2) is 0 Å². The first-order chi connectivity index (χ1) is 11.7. The van der Waals surface area contributed by atoms with Gasteiger partial charge in [0.15, 0.2) is 11.5 Å². The zero-order chi connectivity index (χ0) is 17.2. The van der Waals surface area contributed by atoms with Crippen LogP contribution in [0.5, 0.6) is 11.5 Å². The summed E-state index contributed by atoms with van der Waals surface area (Å²) in [5, 5.41) is 0. The molecule has 0 aromatic heterocycles. The van der Waals surface area contributed by atoms with E-state index in [9.17, 15) is 4.79 Å². The molecule has 1 aromatic rings. The van der Waals surface area contributed by atoms with Gasteiger partial charge in [0, 0.05) is 6.54 Å². The van der Waals surface area contributed by atoms with Crippen molar-refractivity contribution < 1.29 is 19.0 Å². The van der Waals surface area contributed by atoms with Gasteiger partial charge in [-0.3, -0.25) is 4.79 Å². The van der Waals surface area contributed by atoms with Crippen molar-refractivity contribution >= 4 is 18.4 Å². The van der Waals surface area contributed by atoms with Gasteiger partial charge in [-0.1, -0.05) is 12.1 Å². The van der Waals surface area contributed by atoms with Gasteiger partial charge in [-0.05, 0) is 57.8 Å². The van der Waals surface area contributed by atoms with Crippen molar-refractivity contribution in [2.24, 2.45) is 5.92 Å². The van der Waals surface area contributed by atoms with Crippen LogP contribution in [0.2, 0.25) is 0 Å². The molecule has 1 aliphatic rings. The summed E-state index contributed by atoms with van der Waals surface area (Å²) < 4.78 is 16.2. The Morgan fingerprint density at radius 2 is 2.00 bits per heavy atom. The van der Waals surface area contributed by atoms with Gasteiger partial charge in [0.1, 0.15) is 0 Å². The number of para-hydroxylation sites is 2. The third-order valence-electron chi connectivity index (χ3n) is 4.32. The molecule has 0 bridgehead atoms. The zero-order valence-corrected chi connectivity index (χ0v) is 16.1. The van der Waals surface area contributed by atoms with Gasteiger partial charge < -0.3 is 19.1 Å². The first-order valence-corrected chi connectivity index (χ1v) is 8.89. The van der Waals surface area contributed by atoms with E-state index in [0.717, 1.165) is 56.8 Å². The van der Waals surface area contributed by atoms with Crippen LogP contribution in [0.25, 0.3) is 0 Å². The number of hydrogen-bond acceptors (Lipinski definition) is 5. The topological polar surface area (TPSA) is 48.0 Å². The number of likely N-dealkylation sites (tertiary alicyclic amines) is 1. The first-order valence-electron chi connectivity index (χ1n) is 8.89. The molecule has 1 aromatic carbocycles. The molecule has 1 saturated heterocycles. The van der Waals surface area contributed by atoms with Crippen LogP contribution < -0.4 is 9.47 Å². The highest BCUT2D eigenvalue weighted by atomic mass is 35.5. The molecule has 142 valence electrons. The van der Waals surface area contributed by atoms with Crippen molar-refractivity contribution in [1.82, 2.24) is 4.90 Å². The van der Waals surface area contributed by atoms with Gasteiger partial charge >= 0.3 is 5.97 Å². The summed E-state index contributed by atoms with van der Waals surface area (Å²) in [5.41, 5.74) is 0. The van der Waals surface area contributed by atoms with Crippen LogP contribution in [-0.4, -0.2) is 50.8 Å². The van der Waals surface area contributed by atoms with Crippen LogP contribution in [0.3, 0.4) is 0 Å². The molecule has 1 atom stereocenters. The van der Waals surface area contributed by atoms with Crippen molar-refractivity contribution in [3.8, 4) is 11.5 Å². The number of rotatable bonds is 9. The van der Waals surface area contributed by atoms with Gasteiger partial charge in [0.2, 0.25) is 0 Å². The van der Waals surface area contributed by atoms with Gasteiger partial charge in [-0.2, -0.15) is 0 Å². The summed E-state index contributed by atoms with van der Waals surface area (Å²) in [6.45, 7) is 5.91. The fraction of sp³-hybridized carbons (Fsp3) is 0.632. The molecule has 1 unspecified atom stereocenters. The van der Waals surface area contributed by atoms with E-state index in [1.165, 1.54) is 0 Å². The van der Waals surface area contributed by atoms with Crippen LogP contribution in [0, 0.1) is 5.92 Å². The molecule has 0 spiro atoms. The van der Waals surface area contributed by atoms with Crippen LogP contribution in [0.15, 0.2) is 24.3 Å². The number of benzene rings is 1. The van der Waals surface area contributed by atoms with Crippen LogP contribution in [0.1, 0.15) is 32.6 Å². The predicted molar refractivity (Wildman–Crippen MR) is 101 cm³/mol. The first kappa shape index (κ1) is 21.6. The molecular weight excluding hydrogens is 342 g/mol. The summed E-state index contributed by atoms with van der Waals surface area (Å²) in [6.07, 6.45) is 4.07. The maximum atomic E-state index is 11.9. The van der Waals surface area contributed by atoms with E-state index in [1.54, 1.807) is 7.11 Å². The van der Waals surface area contributed by atoms with Crippen molar-refractivity contribution in [2.45, 2.75) is 32.6 Å². The Labute approximate surface area is 157 Å². The van der Waals surface area contributed by atoms with E-state index in [4.69, 9.17) is 14.2 Å². The number of carbonyl (C=O) groups excluding carboxylic acids is 1. The minimum absolute atomic E-state index is 0. The van der Waals surface area contributed by atoms with Crippen LogP contribution in [0.4, 0.5) is 0 Å². The zero-order valence-electron chi connectivity index (χ0n) is 15.2. The number of carbonyl (C=O) groups is 1. The molecule has 1 heterocycles. The lowest BCUT2D eigenvalue weighted by molar-refractivity contribution is -0.149. The Morgan fingerprint density at radius 1 is 1.24 bits per heavy atom. The second-order valence-electron chi connectivity index (χ2n) is 6.10. The van der Waals surface area contributed by atoms with Crippen molar-refractivity contribution in [3.05, 3.63) is 24.3 Å². The van der Waals surface area contributed by atoms with Gasteiger partial charge in [-0.15, -0.1) is 12.4 Å². The van der Waals surface area contributed by atoms with E-state index in [1.807, 2.05) is 31.2 Å². The highest BCUT2D eigenvalue weighted by Gasteiger charge is 2.26. The largest absolute Gasteiger partial charge is 0.493 e. The van der Waals surface area contributed by atoms with Gasteiger partial charge in [0.05, 0.1) is 26.2 Å². The number of hydrogen-bond donors (Lipinski definition) is 0. The summed E-state index contributed by atoms with van der Waals surface area (Å²) in [7, 11) is 1.65. The highest BCUT2D eigenvalue weighted by Crippen LogP contribution is 2.26. The van der Waals surface area contributed by atoms with Crippen LogP contribution in [-0.2, 0) is 9.53 Å². The second kappa shape index (κ2) is 12.0. The minimum Gasteiger partial charge on any atom is -0.493 e. The molecule has 0 radical (unpaired) electrons. The summed E-state index contributed by atoms with van der Waals surface area (Å²) in [6, 6.07) is 7.70. The number of piperidine rings is 1. The minimum atomic E-state index is -0.0401. The average Bonchev–Trinajstić information content (AvgIpc) is 2.62. The van der Waals surface area contributed by atoms with E-state index in [0.29, 0.717) is 13.2 Å². The molecule has 0 N–H and O–H groups in total. The van der Waals surface area contributed by atoms with Crippen molar-refractivity contribution in [1.29, 1.82) is 0 Å². The normalized spacial score (nSPS) is 17.4. The Hall–Kier alpha value is -1.46. The van der Waals surface area contributed by atoms with Gasteiger partial charge in [0.25, 0.3) is 0 Å². The third kappa shape index (κ3) is 7.12. The van der Waals surface area contributed by atoms with E-state index < -0.39 is 0 Å². The summed E-state index contributed by atoms with van der Waals surface area (Å²) in [5.74, 6) is 1.57. The summed E-state index contributed by atoms with van der Waals surface area (Å²) >= 11 is 0. The number of halogens is 1. The van der Waals surface area contributed by atoms with E-state index in [-0.39, 0.29) is 24.3 Å². The molecule has 1 fully saturated rings. The predicted octanol–water partition coefficient (Wildman–Crippen LogP) is 3.55. The molecule has 6 heteroatoms. The molecule has 0 aliphatic carbocycles. The monoisotopic (exact) mass is 371 g/mol. The quantitative estimate of drug-likeness (QED) is 0.490. The third-order valence-corrected chi connectivity index (χ3v) is 4.32. The molecular formula is C19H30ClNO4. The lowest BCUT2D eigenvalue weighted by Crippen LogP contribution is -2.39. The maximum Gasteiger partial charge on any atom is 0.310 e. The molecule has 5 nitrogen and oxygen atoms in total. The standard InChI is InChI=1S/C19H29NO4.ClH/c1-3-23-19(21)16-9-8-13-20(15-16)12-6-7-14-24-18-11-5-4-10-17(18)22-2;/h4-5,10-11,16H,3,6-9,12-15H2,1-2H3;1H. The number of unbranched alkanes of at least 4 members (excludes halogenated alkanes) is 1. The van der Waals surface area contributed by atoms with Crippen molar-refractivity contribution in [3.63, 3.8) is 0 Å². The Balaban J connectivity index is 0.00000312. The molecule has 1 aliphatic heterocycles. The second-order valence-corrected chi connectivity index (χ2v) is 6.10. The smallest absolute Gasteiger partial charge is 0.310 e. The molecule has 25 heavy (non-hydrogen) atoms. The number of methoxy groups -OCH3 is 1. The Morgan fingerprint density at radius 3 is 2.72 bits per heavy atom. The molecule has 2 rings (SSSR count). The Bertz CT molecular complexity index is 512. The van der Waals surface area contributed by atoms with Crippen LogP contribution >= 0.6 is 12.4 Å². The highest BCUT2D eigenvalue weighted by molar-refractivity contribution is 5.85. The van der Waals surface area contributed by atoms with E-state index in [2.05, 4.69) is 4.90 Å². The fourth-order valence-corrected chi connectivity index (χ4v) is 3.07. The number of nitrogens with zero attached hydrogens (tertiary/aromatic N) is 1. The van der Waals surface area contributed by atoms with Crippen molar-refractivity contribution in [2.75, 3.05) is 40.0 Å². The number of esters is 1. The number of ether oxygens (including phenoxy) is 3. The maximum absolute atomic E-state index is 11.9. The fourth-order valence-electron chi connectivity index (χ4n) is 3.07.